The highest BCUT2D eigenvalue weighted by Gasteiger charge is 2.65. The number of pyridine rings is 1. The third kappa shape index (κ3) is 1.92. The topological polar surface area (TPSA) is 77.2 Å². The summed E-state index contributed by atoms with van der Waals surface area (Å²) in [5.41, 5.74) is 5.47. The Labute approximate surface area is 122 Å². The van der Waals surface area contributed by atoms with Gasteiger partial charge in [0.25, 0.3) is 5.91 Å². The molecule has 2 aromatic rings. The van der Waals surface area contributed by atoms with E-state index < -0.39 is 11.6 Å². The smallest absolute Gasteiger partial charge is 0.256 e. The maximum absolute atomic E-state index is 12.4. The fraction of sp³-hybridized carbons (Fsp3) is 0.375. The molecule has 1 amide bonds. The van der Waals surface area contributed by atoms with Crippen molar-refractivity contribution >= 4 is 22.5 Å². The lowest BCUT2D eigenvalue weighted by molar-refractivity contribution is -0.127. The number of carbonyl (C=O) groups excluding carboxylic acids is 1. The summed E-state index contributed by atoms with van der Waals surface area (Å²) < 4.78 is 5.78. The van der Waals surface area contributed by atoms with Crippen molar-refractivity contribution in [3.8, 4) is 0 Å². The molecule has 5 heteroatoms. The van der Waals surface area contributed by atoms with Crippen LogP contribution in [0.5, 0.6) is 0 Å². The Bertz CT molecular complexity index is 737. The number of benzene rings is 1. The fourth-order valence-electron chi connectivity index (χ4n) is 3.67. The van der Waals surface area contributed by atoms with E-state index in [4.69, 9.17) is 10.5 Å². The minimum Gasteiger partial charge on any atom is -0.360 e. The molecule has 1 aliphatic carbocycles. The van der Waals surface area contributed by atoms with Crippen molar-refractivity contribution in [3.05, 3.63) is 36.5 Å². The monoisotopic (exact) mass is 283 g/mol. The second kappa shape index (κ2) is 4.02. The highest BCUT2D eigenvalue weighted by molar-refractivity contribution is 5.97. The molecule has 3 heterocycles. The number of ether oxygens (including phenoxy) is 1. The Balaban J connectivity index is 1.56. The zero-order chi connectivity index (χ0) is 14.7. The van der Waals surface area contributed by atoms with Gasteiger partial charge in [0.2, 0.25) is 0 Å². The van der Waals surface area contributed by atoms with Crippen LogP contribution in [0.1, 0.15) is 19.8 Å². The summed E-state index contributed by atoms with van der Waals surface area (Å²) in [4.78, 5) is 16.6. The molecular weight excluding hydrogens is 266 g/mol. The first kappa shape index (κ1) is 12.7. The van der Waals surface area contributed by atoms with Gasteiger partial charge in [-0.05, 0) is 31.2 Å². The van der Waals surface area contributed by atoms with Gasteiger partial charge >= 0.3 is 0 Å². The maximum atomic E-state index is 12.4. The minimum atomic E-state index is -0.587. The van der Waals surface area contributed by atoms with Gasteiger partial charge in [-0.3, -0.25) is 4.79 Å². The summed E-state index contributed by atoms with van der Waals surface area (Å²) in [7, 11) is 0. The van der Waals surface area contributed by atoms with E-state index in [-0.39, 0.29) is 11.5 Å². The molecule has 3 aliphatic rings. The number of fused-ring (bicyclic) bond motifs is 2. The molecule has 2 saturated heterocycles. The first-order chi connectivity index (χ1) is 9.97. The van der Waals surface area contributed by atoms with Crippen molar-refractivity contribution in [2.45, 2.75) is 37.0 Å². The van der Waals surface area contributed by atoms with E-state index in [1.807, 2.05) is 37.3 Å². The Hall–Kier alpha value is -1.98. The largest absolute Gasteiger partial charge is 0.360 e. The predicted molar refractivity (Wildman–Crippen MR) is 79.8 cm³/mol. The number of nitrogens with two attached hydrogens (primary N) is 1. The molecular formula is C16H17N3O2. The van der Waals surface area contributed by atoms with Gasteiger partial charge in [0.15, 0.2) is 6.10 Å². The van der Waals surface area contributed by atoms with E-state index in [9.17, 15) is 4.79 Å². The number of nitrogens with one attached hydrogen (secondary N) is 1. The highest BCUT2D eigenvalue weighted by atomic mass is 16.5. The first-order valence-corrected chi connectivity index (χ1v) is 7.10. The van der Waals surface area contributed by atoms with Gasteiger partial charge < -0.3 is 15.8 Å². The van der Waals surface area contributed by atoms with Crippen molar-refractivity contribution in [2.75, 3.05) is 5.32 Å². The molecule has 3 fully saturated rings. The number of aromatic nitrogens is 1. The number of anilines is 1. The SMILES string of the molecule is CC12CC(N)(C1)C(C(=O)Nc1cc3ccccc3cn1)O2. The van der Waals surface area contributed by atoms with Gasteiger partial charge in [0.1, 0.15) is 5.82 Å². The normalized spacial score (nSPS) is 33.7. The summed E-state index contributed by atoms with van der Waals surface area (Å²) in [5.74, 6) is 0.321. The van der Waals surface area contributed by atoms with Crippen LogP contribution in [0, 0.1) is 0 Å². The Kier molecular flexibility index (Phi) is 2.44. The number of nitrogens with zero attached hydrogens (tertiary/aromatic N) is 1. The predicted octanol–water partition coefficient (Wildman–Crippen LogP) is 1.82. The second-order valence-corrected chi connectivity index (χ2v) is 6.44. The average Bonchev–Trinajstić information content (AvgIpc) is 2.84. The van der Waals surface area contributed by atoms with E-state index in [2.05, 4.69) is 10.3 Å². The van der Waals surface area contributed by atoms with Gasteiger partial charge in [0.05, 0.1) is 11.1 Å². The van der Waals surface area contributed by atoms with Crippen molar-refractivity contribution in [2.24, 2.45) is 5.73 Å². The number of rotatable bonds is 2. The Morgan fingerprint density at radius 1 is 1.38 bits per heavy atom. The van der Waals surface area contributed by atoms with Crippen molar-refractivity contribution in [1.29, 1.82) is 0 Å². The van der Waals surface area contributed by atoms with Gasteiger partial charge in [-0.15, -0.1) is 0 Å². The molecule has 1 aromatic heterocycles. The third-order valence-electron chi connectivity index (χ3n) is 4.45. The minimum absolute atomic E-state index is 0.207. The van der Waals surface area contributed by atoms with E-state index in [1.165, 1.54) is 0 Å². The molecule has 0 spiro atoms. The van der Waals surface area contributed by atoms with Crippen LogP contribution in [-0.4, -0.2) is 28.1 Å². The number of hydrogen-bond acceptors (Lipinski definition) is 4. The van der Waals surface area contributed by atoms with Crippen LogP contribution in [0.3, 0.4) is 0 Å². The van der Waals surface area contributed by atoms with E-state index in [0.717, 1.165) is 23.6 Å². The van der Waals surface area contributed by atoms with Crippen LogP contribution in [-0.2, 0) is 9.53 Å². The Morgan fingerprint density at radius 3 is 2.76 bits per heavy atom. The summed E-state index contributed by atoms with van der Waals surface area (Å²) in [6, 6.07) is 9.75. The van der Waals surface area contributed by atoms with Gasteiger partial charge in [0, 0.05) is 11.6 Å². The lowest BCUT2D eigenvalue weighted by atomic mass is 9.67. The summed E-state index contributed by atoms with van der Waals surface area (Å²) in [6.07, 6.45) is 2.64. The summed E-state index contributed by atoms with van der Waals surface area (Å²) >= 11 is 0. The Morgan fingerprint density at radius 2 is 2.10 bits per heavy atom. The van der Waals surface area contributed by atoms with Crippen LogP contribution in [0.4, 0.5) is 5.82 Å². The van der Waals surface area contributed by atoms with Gasteiger partial charge in [-0.25, -0.2) is 4.98 Å². The lowest BCUT2D eigenvalue weighted by Gasteiger charge is -2.39. The number of amides is 1. The molecule has 1 atom stereocenters. The van der Waals surface area contributed by atoms with E-state index >= 15 is 0 Å². The molecule has 2 bridgehead atoms. The van der Waals surface area contributed by atoms with Crippen molar-refractivity contribution < 1.29 is 9.53 Å². The van der Waals surface area contributed by atoms with Crippen LogP contribution in [0.2, 0.25) is 0 Å². The molecule has 1 aromatic carbocycles. The number of carbonyl (C=O) groups is 1. The van der Waals surface area contributed by atoms with Crippen LogP contribution >= 0.6 is 0 Å². The van der Waals surface area contributed by atoms with Crippen LogP contribution in [0.15, 0.2) is 36.5 Å². The molecule has 1 unspecified atom stereocenters. The summed E-state index contributed by atoms with van der Waals surface area (Å²) in [6.45, 7) is 2.00. The molecule has 108 valence electrons. The molecule has 5 rings (SSSR count). The van der Waals surface area contributed by atoms with E-state index in [0.29, 0.717) is 5.82 Å². The lowest BCUT2D eigenvalue weighted by Crippen LogP contribution is -2.58. The van der Waals surface area contributed by atoms with Crippen LogP contribution < -0.4 is 11.1 Å². The fourth-order valence-corrected chi connectivity index (χ4v) is 3.67. The van der Waals surface area contributed by atoms with Crippen molar-refractivity contribution in [1.82, 2.24) is 4.98 Å². The second-order valence-electron chi connectivity index (χ2n) is 6.44. The maximum Gasteiger partial charge on any atom is 0.256 e. The molecule has 2 aliphatic heterocycles. The quantitative estimate of drug-likeness (QED) is 0.881. The molecule has 0 radical (unpaired) electrons. The average molecular weight is 283 g/mol. The standard InChI is InChI=1S/C16H17N3O2/c1-15-8-16(17,9-15)13(21-15)14(20)19-12-6-10-4-2-3-5-11(10)7-18-12/h2-7,13H,8-9,17H2,1H3,(H,18,19,20). The molecule has 1 saturated carbocycles. The zero-order valence-electron chi connectivity index (χ0n) is 11.8. The van der Waals surface area contributed by atoms with Crippen LogP contribution in [0.25, 0.3) is 10.8 Å². The third-order valence-corrected chi connectivity index (χ3v) is 4.45. The van der Waals surface area contributed by atoms with Gasteiger partial charge in [-0.1, -0.05) is 24.3 Å². The first-order valence-electron chi connectivity index (χ1n) is 7.10. The molecule has 3 N–H and O–H groups in total. The zero-order valence-corrected chi connectivity index (χ0v) is 11.8. The van der Waals surface area contributed by atoms with Gasteiger partial charge in [-0.2, -0.15) is 0 Å². The van der Waals surface area contributed by atoms with Crippen molar-refractivity contribution in [3.63, 3.8) is 0 Å². The summed E-state index contributed by atoms with van der Waals surface area (Å²) in [5, 5.41) is 4.90. The molecule has 5 nitrogen and oxygen atoms in total. The highest BCUT2D eigenvalue weighted by Crippen LogP contribution is 2.53. The molecule has 21 heavy (non-hydrogen) atoms. The van der Waals surface area contributed by atoms with E-state index in [1.54, 1.807) is 6.20 Å². The number of hydrogen-bond donors (Lipinski definition) is 2.